The zero-order valence-corrected chi connectivity index (χ0v) is 19.7. The number of pyridine rings is 2. The molecular weight excluding hydrogens is 440 g/mol. The van der Waals surface area contributed by atoms with Crippen LogP contribution >= 0.6 is 0 Å². The molecule has 178 valence electrons. The normalized spacial score (nSPS) is 16.0. The first-order chi connectivity index (χ1) is 17.2. The molecule has 0 saturated carbocycles. The van der Waals surface area contributed by atoms with Gasteiger partial charge < -0.3 is 19.7 Å². The number of rotatable bonds is 6. The molecule has 35 heavy (non-hydrogen) atoms. The van der Waals surface area contributed by atoms with E-state index in [9.17, 15) is 4.79 Å². The second-order valence-electron chi connectivity index (χ2n) is 8.66. The summed E-state index contributed by atoms with van der Waals surface area (Å²) in [4.78, 5) is 24.2. The largest absolute Gasteiger partial charge is 0.497 e. The lowest BCUT2D eigenvalue weighted by atomic mass is 9.95. The lowest BCUT2D eigenvalue weighted by Crippen LogP contribution is -2.36. The van der Waals surface area contributed by atoms with Gasteiger partial charge in [0.1, 0.15) is 11.6 Å². The highest BCUT2D eigenvalue weighted by Crippen LogP contribution is 2.25. The highest BCUT2D eigenvalue weighted by molar-refractivity contribution is 5.99. The number of anilines is 2. The molecule has 0 aliphatic carbocycles. The van der Waals surface area contributed by atoms with E-state index in [1.807, 2.05) is 47.6 Å². The van der Waals surface area contributed by atoms with Crippen LogP contribution in [-0.2, 0) is 11.2 Å². The molecule has 0 spiro atoms. The summed E-state index contributed by atoms with van der Waals surface area (Å²) in [6.07, 6.45) is 6.23. The van der Waals surface area contributed by atoms with Crippen LogP contribution in [0.25, 0.3) is 10.8 Å². The number of carbonyl (C=O) groups excluding carboxylic acids is 1. The molecule has 2 aromatic carbocycles. The minimum absolute atomic E-state index is 0.0493. The molecule has 1 N–H and O–H groups in total. The minimum atomic E-state index is -0.0493. The summed E-state index contributed by atoms with van der Waals surface area (Å²) in [6.45, 7) is 2.31. The highest BCUT2D eigenvalue weighted by Gasteiger charge is 2.26. The zero-order chi connectivity index (χ0) is 24.0. The molecule has 7 nitrogen and oxygen atoms in total. The van der Waals surface area contributed by atoms with Crippen molar-refractivity contribution in [1.29, 1.82) is 0 Å². The van der Waals surface area contributed by atoms with Crippen molar-refractivity contribution in [2.75, 3.05) is 38.7 Å². The first-order valence-electron chi connectivity index (χ1n) is 11.8. The lowest BCUT2D eigenvalue weighted by Gasteiger charge is -2.25. The fraction of sp³-hybridized carbons (Fsp3) is 0.250. The molecule has 3 heterocycles. The molecular formula is C28H28N4O3. The van der Waals surface area contributed by atoms with E-state index in [0.717, 1.165) is 23.2 Å². The lowest BCUT2D eigenvalue weighted by molar-refractivity contribution is 0.0738. The molecule has 1 fully saturated rings. The minimum Gasteiger partial charge on any atom is -0.497 e. The van der Waals surface area contributed by atoms with E-state index >= 15 is 0 Å². The maximum absolute atomic E-state index is 13.6. The summed E-state index contributed by atoms with van der Waals surface area (Å²) in [5.41, 5.74) is 2.62. The molecule has 5 rings (SSSR count). The number of carbonyl (C=O) groups is 1. The van der Waals surface area contributed by atoms with Crippen molar-refractivity contribution >= 4 is 28.2 Å². The third-order valence-electron chi connectivity index (χ3n) is 6.30. The van der Waals surface area contributed by atoms with E-state index in [4.69, 9.17) is 9.47 Å². The Morgan fingerprint density at radius 3 is 2.86 bits per heavy atom. The number of aromatic nitrogens is 2. The van der Waals surface area contributed by atoms with Crippen LogP contribution in [-0.4, -0.2) is 54.2 Å². The Kier molecular flexibility index (Phi) is 6.86. The van der Waals surface area contributed by atoms with Crippen molar-refractivity contribution in [2.45, 2.75) is 6.42 Å². The quantitative estimate of drug-likeness (QED) is 0.442. The zero-order valence-electron chi connectivity index (χ0n) is 19.7. The van der Waals surface area contributed by atoms with Crippen molar-refractivity contribution in [2.24, 2.45) is 5.92 Å². The van der Waals surface area contributed by atoms with Crippen LogP contribution in [0.4, 0.5) is 11.5 Å². The smallest absolute Gasteiger partial charge is 0.257 e. The van der Waals surface area contributed by atoms with Gasteiger partial charge in [-0.2, -0.15) is 0 Å². The Morgan fingerprint density at radius 2 is 2.00 bits per heavy atom. The van der Waals surface area contributed by atoms with Crippen LogP contribution in [0.5, 0.6) is 5.75 Å². The number of nitrogens with zero attached hydrogens (tertiary/aromatic N) is 3. The highest BCUT2D eigenvalue weighted by atomic mass is 16.5. The van der Waals surface area contributed by atoms with E-state index < -0.39 is 0 Å². The third kappa shape index (κ3) is 5.25. The van der Waals surface area contributed by atoms with Crippen molar-refractivity contribution in [3.05, 3.63) is 90.4 Å². The number of hydrogen-bond donors (Lipinski definition) is 1. The fourth-order valence-corrected chi connectivity index (χ4v) is 4.53. The van der Waals surface area contributed by atoms with E-state index in [1.165, 1.54) is 10.9 Å². The predicted octanol–water partition coefficient (Wildman–Crippen LogP) is 4.71. The maximum Gasteiger partial charge on any atom is 0.257 e. The summed E-state index contributed by atoms with van der Waals surface area (Å²) < 4.78 is 11.1. The molecule has 1 amide bonds. The standard InChI is InChI=1S/C28H28N4O3/c1-34-24-9-7-23(8-10-24)31-27-26(6-3-12-30-27)28(33)32-14-15-35-19-20(18-32)16-21-4-2-5-22-17-29-13-11-25(21)22/h2-13,17,20H,14-16,18-19H2,1H3,(H,30,31)/t20-/m1/s1. The van der Waals surface area contributed by atoms with Gasteiger partial charge in [0.05, 0.1) is 25.9 Å². The van der Waals surface area contributed by atoms with Gasteiger partial charge >= 0.3 is 0 Å². The SMILES string of the molecule is COc1ccc(Nc2ncccc2C(=O)N2CCOC[C@H](Cc3cccc4cnccc34)C2)cc1. The van der Waals surface area contributed by atoms with Gasteiger partial charge in [0, 0.05) is 48.7 Å². The Labute approximate surface area is 204 Å². The number of ether oxygens (including phenoxy) is 2. The summed E-state index contributed by atoms with van der Waals surface area (Å²) in [7, 11) is 1.63. The van der Waals surface area contributed by atoms with Crippen molar-refractivity contribution in [3.8, 4) is 5.75 Å². The molecule has 0 bridgehead atoms. The number of benzene rings is 2. The topological polar surface area (TPSA) is 76.6 Å². The molecule has 0 unspecified atom stereocenters. The molecule has 0 radical (unpaired) electrons. The van der Waals surface area contributed by atoms with E-state index in [1.54, 1.807) is 19.4 Å². The van der Waals surface area contributed by atoms with Crippen molar-refractivity contribution in [1.82, 2.24) is 14.9 Å². The first-order valence-corrected chi connectivity index (χ1v) is 11.8. The Hall–Kier alpha value is -3.97. The van der Waals surface area contributed by atoms with Crippen LogP contribution in [0.15, 0.2) is 79.3 Å². The maximum atomic E-state index is 13.6. The Bertz CT molecular complexity index is 1300. The second-order valence-corrected chi connectivity index (χ2v) is 8.66. The Morgan fingerprint density at radius 1 is 1.11 bits per heavy atom. The van der Waals surface area contributed by atoms with Crippen LogP contribution < -0.4 is 10.1 Å². The first kappa shape index (κ1) is 22.8. The van der Waals surface area contributed by atoms with Crippen LogP contribution in [0, 0.1) is 5.92 Å². The summed E-state index contributed by atoms with van der Waals surface area (Å²) in [6, 6.07) is 19.5. The molecule has 2 aromatic heterocycles. The average Bonchev–Trinajstić information content (AvgIpc) is 3.15. The van der Waals surface area contributed by atoms with Gasteiger partial charge in [-0.15, -0.1) is 0 Å². The van der Waals surface area contributed by atoms with Crippen LogP contribution in [0.2, 0.25) is 0 Å². The summed E-state index contributed by atoms with van der Waals surface area (Å²) >= 11 is 0. The molecule has 1 saturated heterocycles. The number of nitrogens with one attached hydrogen (secondary N) is 1. The predicted molar refractivity (Wildman–Crippen MR) is 136 cm³/mol. The summed E-state index contributed by atoms with van der Waals surface area (Å²) in [5.74, 6) is 1.44. The summed E-state index contributed by atoms with van der Waals surface area (Å²) in [5, 5.41) is 5.60. The van der Waals surface area contributed by atoms with Crippen molar-refractivity contribution in [3.63, 3.8) is 0 Å². The van der Waals surface area contributed by atoms with E-state index in [0.29, 0.717) is 37.7 Å². The number of methoxy groups -OCH3 is 1. The number of hydrogen-bond acceptors (Lipinski definition) is 6. The second kappa shape index (κ2) is 10.5. The number of fused-ring (bicyclic) bond motifs is 1. The van der Waals surface area contributed by atoms with Gasteiger partial charge in [-0.25, -0.2) is 4.98 Å². The van der Waals surface area contributed by atoms with Gasteiger partial charge in [-0.3, -0.25) is 9.78 Å². The number of amides is 1. The van der Waals surface area contributed by atoms with Gasteiger partial charge in [0.2, 0.25) is 0 Å². The van der Waals surface area contributed by atoms with Crippen molar-refractivity contribution < 1.29 is 14.3 Å². The third-order valence-corrected chi connectivity index (χ3v) is 6.30. The van der Waals surface area contributed by atoms with Crippen LogP contribution in [0.3, 0.4) is 0 Å². The Balaban J connectivity index is 1.34. The molecule has 1 aliphatic rings. The van der Waals surface area contributed by atoms with Gasteiger partial charge in [0.15, 0.2) is 0 Å². The molecule has 4 aromatic rings. The monoisotopic (exact) mass is 468 g/mol. The van der Waals surface area contributed by atoms with E-state index in [2.05, 4.69) is 39.6 Å². The van der Waals surface area contributed by atoms with Gasteiger partial charge in [-0.05, 0) is 59.8 Å². The average molecular weight is 469 g/mol. The molecule has 1 atom stereocenters. The fourth-order valence-electron chi connectivity index (χ4n) is 4.53. The molecule has 1 aliphatic heterocycles. The van der Waals surface area contributed by atoms with Gasteiger partial charge in [0.25, 0.3) is 5.91 Å². The van der Waals surface area contributed by atoms with Gasteiger partial charge in [-0.1, -0.05) is 18.2 Å². The molecule has 7 heteroatoms. The van der Waals surface area contributed by atoms with E-state index in [-0.39, 0.29) is 11.8 Å². The van der Waals surface area contributed by atoms with Crippen LogP contribution in [0.1, 0.15) is 15.9 Å².